The van der Waals surface area contributed by atoms with Crippen molar-refractivity contribution in [1.82, 2.24) is 5.01 Å². The van der Waals surface area contributed by atoms with Crippen LogP contribution in [0, 0.1) is 5.21 Å². The molecule has 0 unspecified atom stereocenters. The Kier molecular flexibility index (Phi) is 4.39. The minimum absolute atomic E-state index is 0.112. The van der Waals surface area contributed by atoms with Gasteiger partial charge in [-0.3, -0.25) is 0 Å². The minimum atomic E-state index is 0.112. The summed E-state index contributed by atoms with van der Waals surface area (Å²) in [7, 11) is 1.35. The van der Waals surface area contributed by atoms with Crippen molar-refractivity contribution < 1.29 is 9.81 Å². The summed E-state index contributed by atoms with van der Waals surface area (Å²) in [6.07, 6.45) is 0. The van der Waals surface area contributed by atoms with Crippen LogP contribution in [-0.2, 0) is 4.84 Å². The van der Waals surface area contributed by atoms with Gasteiger partial charge in [-0.1, -0.05) is 0 Å². The lowest BCUT2D eigenvalue weighted by molar-refractivity contribution is -0.722. The molecule has 0 N–H and O–H groups in total. The molecule has 0 bridgehead atoms. The Hall–Kier alpha value is -1.00. The van der Waals surface area contributed by atoms with E-state index in [1.54, 1.807) is 5.01 Å². The molecule has 0 atom stereocenters. The zero-order valence-electron chi connectivity index (χ0n) is 8.31. The molecule has 0 fully saturated rings. The molecular formula is C7H17N3O2. The Balaban J connectivity index is 4.40. The van der Waals surface area contributed by atoms with E-state index in [0.717, 1.165) is 0 Å². The molecule has 0 heterocycles. The topological polar surface area (TPSA) is 50.9 Å². The molecule has 0 aromatic carbocycles. The number of hydrogen-bond donors (Lipinski definition) is 0. The Morgan fingerprint density at radius 2 is 1.67 bits per heavy atom. The van der Waals surface area contributed by atoms with E-state index in [2.05, 4.69) is 10.1 Å². The maximum atomic E-state index is 11.2. The van der Waals surface area contributed by atoms with Gasteiger partial charge in [0, 0.05) is 0 Å². The lowest BCUT2D eigenvalue weighted by Crippen LogP contribution is -2.42. The van der Waals surface area contributed by atoms with Crippen LogP contribution < -0.4 is 0 Å². The number of hydrogen-bond acceptors (Lipinski definition) is 3. The zero-order chi connectivity index (χ0) is 9.72. The third kappa shape index (κ3) is 2.94. The molecule has 0 rings (SSSR count). The average Bonchev–Trinajstić information content (AvgIpc) is 1.85. The Morgan fingerprint density at radius 1 is 1.25 bits per heavy atom. The molecule has 72 valence electrons. The molecule has 0 aromatic rings. The molecule has 0 radical (unpaired) electrons. The Morgan fingerprint density at radius 3 is 1.92 bits per heavy atom. The highest BCUT2D eigenvalue weighted by molar-refractivity contribution is 4.55. The first kappa shape index (κ1) is 11.0. The summed E-state index contributed by atoms with van der Waals surface area (Å²) in [5.74, 6) is 0. The number of rotatable bonds is 4. The largest absolute Gasteiger partial charge is 0.569 e. The fraction of sp³-hybridized carbons (Fsp3) is 1.00. The molecule has 0 aromatic heterocycles. The second-order valence-corrected chi connectivity index (χ2v) is 3.08. The average molecular weight is 175 g/mol. The molecule has 0 aliphatic carbocycles. The lowest BCUT2D eigenvalue weighted by Gasteiger charge is -2.24. The summed E-state index contributed by atoms with van der Waals surface area (Å²) < 4.78 is 0. The van der Waals surface area contributed by atoms with Crippen LogP contribution in [0.4, 0.5) is 0 Å². The Bertz CT molecular complexity index is 149. The fourth-order valence-corrected chi connectivity index (χ4v) is 1.10. The van der Waals surface area contributed by atoms with E-state index in [1.165, 1.54) is 7.11 Å². The Labute approximate surface area is 73.1 Å². The molecule has 0 saturated carbocycles. The van der Waals surface area contributed by atoms with Crippen LogP contribution in [-0.4, -0.2) is 29.2 Å². The molecule has 0 saturated heterocycles. The van der Waals surface area contributed by atoms with Gasteiger partial charge in [0.2, 0.25) is 5.28 Å². The van der Waals surface area contributed by atoms with Crippen LogP contribution in [0.25, 0.3) is 0 Å². The SMILES string of the molecule is CO/N=[N+](\[O-])N(C(C)C)C(C)C. The van der Waals surface area contributed by atoms with Gasteiger partial charge in [-0.05, 0) is 27.7 Å². The van der Waals surface area contributed by atoms with Crippen LogP contribution in [0.3, 0.4) is 0 Å². The summed E-state index contributed by atoms with van der Waals surface area (Å²) in [5, 5.41) is 16.0. The minimum Gasteiger partial charge on any atom is -0.569 e. The van der Waals surface area contributed by atoms with E-state index in [0.29, 0.717) is 4.97 Å². The molecule has 0 aliphatic rings. The predicted molar refractivity (Wildman–Crippen MR) is 45.2 cm³/mol. The highest BCUT2D eigenvalue weighted by Gasteiger charge is 2.20. The van der Waals surface area contributed by atoms with Crippen molar-refractivity contribution in [3.05, 3.63) is 5.21 Å². The first-order valence-corrected chi connectivity index (χ1v) is 4.00. The molecular weight excluding hydrogens is 158 g/mol. The molecule has 0 spiro atoms. The van der Waals surface area contributed by atoms with Gasteiger partial charge in [-0.15, -0.1) is 5.01 Å². The summed E-state index contributed by atoms with van der Waals surface area (Å²) in [6, 6.07) is 0.225. The maximum Gasteiger partial charge on any atom is 0.232 e. The third-order valence-corrected chi connectivity index (χ3v) is 1.41. The van der Waals surface area contributed by atoms with Crippen LogP contribution in [0.5, 0.6) is 0 Å². The van der Waals surface area contributed by atoms with Crippen LogP contribution in [0.2, 0.25) is 0 Å². The van der Waals surface area contributed by atoms with E-state index in [4.69, 9.17) is 0 Å². The van der Waals surface area contributed by atoms with Gasteiger partial charge in [-0.25, -0.2) is 0 Å². The van der Waals surface area contributed by atoms with E-state index in [-0.39, 0.29) is 12.1 Å². The molecule has 12 heavy (non-hydrogen) atoms. The number of nitrogens with zero attached hydrogens (tertiary/aromatic N) is 3. The van der Waals surface area contributed by atoms with Gasteiger partial charge in [0.25, 0.3) is 0 Å². The van der Waals surface area contributed by atoms with Crippen molar-refractivity contribution in [3.8, 4) is 0 Å². The first-order chi connectivity index (χ1) is 5.50. The third-order valence-electron chi connectivity index (χ3n) is 1.41. The van der Waals surface area contributed by atoms with Gasteiger partial charge >= 0.3 is 0 Å². The van der Waals surface area contributed by atoms with Crippen LogP contribution in [0.1, 0.15) is 27.7 Å². The lowest BCUT2D eigenvalue weighted by atomic mass is 10.3. The normalized spacial score (nSPS) is 12.4. The van der Waals surface area contributed by atoms with Gasteiger partial charge in [-0.2, -0.15) is 0 Å². The summed E-state index contributed by atoms with van der Waals surface area (Å²) in [6.45, 7) is 7.71. The van der Waals surface area contributed by atoms with Gasteiger partial charge in [0.05, 0.1) is 17.1 Å². The first-order valence-electron chi connectivity index (χ1n) is 4.00. The van der Waals surface area contributed by atoms with Crippen molar-refractivity contribution >= 4 is 0 Å². The quantitative estimate of drug-likeness (QED) is 0.370. The van der Waals surface area contributed by atoms with Gasteiger partial charge in [0.1, 0.15) is 7.11 Å². The van der Waals surface area contributed by atoms with E-state index < -0.39 is 0 Å². The second kappa shape index (κ2) is 4.79. The van der Waals surface area contributed by atoms with Crippen molar-refractivity contribution in [2.75, 3.05) is 7.11 Å². The van der Waals surface area contributed by atoms with Gasteiger partial charge in [0.15, 0.2) is 0 Å². The van der Waals surface area contributed by atoms with Gasteiger partial charge < -0.3 is 10.0 Å². The van der Waals surface area contributed by atoms with Crippen molar-refractivity contribution in [1.29, 1.82) is 0 Å². The highest BCUT2D eigenvalue weighted by atomic mass is 16.7. The van der Waals surface area contributed by atoms with Crippen molar-refractivity contribution in [2.45, 2.75) is 39.8 Å². The summed E-state index contributed by atoms with van der Waals surface area (Å²) >= 11 is 0. The second-order valence-electron chi connectivity index (χ2n) is 3.08. The summed E-state index contributed by atoms with van der Waals surface area (Å²) in [5.41, 5.74) is 0. The number of hydrazine groups is 1. The monoisotopic (exact) mass is 175 g/mol. The molecule has 5 heteroatoms. The highest BCUT2D eigenvalue weighted by Crippen LogP contribution is 2.05. The fourth-order valence-electron chi connectivity index (χ4n) is 1.10. The van der Waals surface area contributed by atoms with E-state index >= 15 is 0 Å². The van der Waals surface area contributed by atoms with E-state index in [1.807, 2.05) is 27.7 Å². The van der Waals surface area contributed by atoms with E-state index in [9.17, 15) is 5.21 Å². The summed E-state index contributed by atoms with van der Waals surface area (Å²) in [4.78, 5) is 4.86. The standard InChI is InChI=1S/C7H17N3O2/c1-6(2)9(7(3)4)10(11)8-12-5/h6-7H,1-5H3/b10-8-. The molecule has 0 amide bonds. The van der Waals surface area contributed by atoms with Crippen LogP contribution in [0.15, 0.2) is 5.28 Å². The van der Waals surface area contributed by atoms with Crippen molar-refractivity contribution in [2.24, 2.45) is 5.28 Å². The van der Waals surface area contributed by atoms with Crippen LogP contribution >= 0.6 is 0 Å². The van der Waals surface area contributed by atoms with Crippen molar-refractivity contribution in [3.63, 3.8) is 0 Å². The molecule has 5 nitrogen and oxygen atoms in total. The maximum absolute atomic E-state index is 11.2. The molecule has 0 aliphatic heterocycles. The predicted octanol–water partition coefficient (Wildman–Crippen LogP) is 1.54. The smallest absolute Gasteiger partial charge is 0.232 e. The zero-order valence-corrected chi connectivity index (χ0v) is 8.31.